The monoisotopic (exact) mass is 404 g/mol. The summed E-state index contributed by atoms with van der Waals surface area (Å²) in [6.45, 7) is 1.74. The maximum Gasteiger partial charge on any atom is 0.277 e. The number of nitrogens with one attached hydrogen (secondary N) is 1. The molecular formula is C20H13FN6OS. The Bertz CT molecular complexity index is 1250. The third-order valence-electron chi connectivity index (χ3n) is 3.82. The van der Waals surface area contributed by atoms with Gasteiger partial charge < -0.3 is 0 Å². The number of rotatable bonds is 4. The topological polar surface area (TPSA) is 85.6 Å². The Morgan fingerprint density at radius 1 is 1.17 bits per heavy atom. The van der Waals surface area contributed by atoms with E-state index in [1.807, 2.05) is 18.2 Å². The predicted octanol–water partition coefficient (Wildman–Crippen LogP) is 3.55. The fourth-order valence-electron chi connectivity index (χ4n) is 2.57. The molecule has 0 spiro atoms. The van der Waals surface area contributed by atoms with Crippen LogP contribution < -0.4 is 5.32 Å². The van der Waals surface area contributed by atoms with Gasteiger partial charge in [-0.25, -0.2) is 19.0 Å². The van der Waals surface area contributed by atoms with Crippen LogP contribution in [0.4, 0.5) is 9.52 Å². The van der Waals surface area contributed by atoms with E-state index in [4.69, 9.17) is 0 Å². The van der Waals surface area contributed by atoms with Gasteiger partial charge in [-0.05, 0) is 43.2 Å². The second-order valence-corrected chi connectivity index (χ2v) is 6.64. The van der Waals surface area contributed by atoms with Gasteiger partial charge in [-0.2, -0.15) is 0 Å². The molecule has 4 rings (SSSR count). The van der Waals surface area contributed by atoms with E-state index in [-0.39, 0.29) is 5.69 Å². The summed E-state index contributed by atoms with van der Waals surface area (Å²) in [4.78, 5) is 21.5. The molecule has 3 heterocycles. The van der Waals surface area contributed by atoms with Crippen LogP contribution in [0.2, 0.25) is 0 Å². The summed E-state index contributed by atoms with van der Waals surface area (Å²) in [6, 6.07) is 11.2. The van der Waals surface area contributed by atoms with Crippen molar-refractivity contribution in [2.75, 3.05) is 5.32 Å². The molecule has 29 heavy (non-hydrogen) atoms. The molecule has 9 heteroatoms. The number of carbonyl (C=O) groups is 1. The molecule has 0 aliphatic heterocycles. The summed E-state index contributed by atoms with van der Waals surface area (Å²) in [5, 5.41) is 12.5. The van der Waals surface area contributed by atoms with Crippen LogP contribution in [0.3, 0.4) is 0 Å². The lowest BCUT2D eigenvalue weighted by molar-refractivity contribution is 0.101. The molecule has 0 fully saturated rings. The fourth-order valence-corrected chi connectivity index (χ4v) is 3.27. The van der Waals surface area contributed by atoms with Gasteiger partial charge in [0.2, 0.25) is 0 Å². The number of pyridine rings is 1. The van der Waals surface area contributed by atoms with E-state index >= 15 is 0 Å². The van der Waals surface area contributed by atoms with Crippen molar-refractivity contribution in [2.45, 2.75) is 6.92 Å². The Morgan fingerprint density at radius 2 is 2.03 bits per heavy atom. The lowest BCUT2D eigenvalue weighted by atomic mass is 10.2. The molecule has 1 aromatic carbocycles. The molecular weight excluding hydrogens is 391 g/mol. The van der Waals surface area contributed by atoms with Crippen LogP contribution in [0.1, 0.15) is 23.1 Å². The highest BCUT2D eigenvalue weighted by atomic mass is 32.1. The molecule has 0 aliphatic rings. The van der Waals surface area contributed by atoms with Gasteiger partial charge in [0, 0.05) is 5.38 Å². The number of halogens is 1. The molecule has 1 amide bonds. The summed E-state index contributed by atoms with van der Waals surface area (Å²) in [6.07, 6.45) is 1.31. The zero-order valence-electron chi connectivity index (χ0n) is 15.1. The van der Waals surface area contributed by atoms with Crippen molar-refractivity contribution in [1.29, 1.82) is 0 Å². The quantitative estimate of drug-likeness (QED) is 0.526. The van der Waals surface area contributed by atoms with Gasteiger partial charge in [0.1, 0.15) is 17.2 Å². The van der Waals surface area contributed by atoms with Crippen LogP contribution in [-0.2, 0) is 0 Å². The highest BCUT2D eigenvalue weighted by molar-refractivity contribution is 7.14. The van der Waals surface area contributed by atoms with Crippen molar-refractivity contribution in [2.24, 2.45) is 0 Å². The zero-order chi connectivity index (χ0) is 20.2. The molecule has 0 atom stereocenters. The number of hydrogen-bond donors (Lipinski definition) is 1. The summed E-state index contributed by atoms with van der Waals surface area (Å²) >= 11 is 1.26. The van der Waals surface area contributed by atoms with Crippen molar-refractivity contribution in [3.8, 4) is 28.9 Å². The minimum atomic E-state index is -0.460. The minimum Gasteiger partial charge on any atom is -0.296 e. The standard InChI is InChI=1S/C20H13FN6OS/c1-2-5-14-7-4-9-16(23-14)17-12-29-20(24-17)25-19(28)18-11-22-26-27(18)15-8-3-6-13(21)10-15/h3-4,6-12H,1H3,(H,24,25,28). The van der Waals surface area contributed by atoms with Crippen molar-refractivity contribution < 1.29 is 9.18 Å². The first kappa shape index (κ1) is 18.5. The highest BCUT2D eigenvalue weighted by Gasteiger charge is 2.17. The average molecular weight is 404 g/mol. The van der Waals surface area contributed by atoms with Gasteiger partial charge in [-0.1, -0.05) is 23.3 Å². The zero-order valence-corrected chi connectivity index (χ0v) is 15.9. The summed E-state index contributed by atoms with van der Waals surface area (Å²) in [7, 11) is 0. The molecule has 0 radical (unpaired) electrons. The minimum absolute atomic E-state index is 0.158. The first-order chi connectivity index (χ1) is 14.1. The number of nitrogens with zero attached hydrogens (tertiary/aromatic N) is 5. The van der Waals surface area contributed by atoms with E-state index in [1.54, 1.807) is 18.4 Å². The Labute approximate surface area is 169 Å². The molecule has 0 saturated carbocycles. The number of hydrogen-bond acceptors (Lipinski definition) is 6. The van der Waals surface area contributed by atoms with E-state index in [9.17, 15) is 9.18 Å². The molecule has 3 aromatic heterocycles. The van der Waals surface area contributed by atoms with Gasteiger partial charge in [-0.3, -0.25) is 10.1 Å². The fraction of sp³-hybridized carbons (Fsp3) is 0.0500. The number of aromatic nitrogens is 5. The Kier molecular flexibility index (Phi) is 5.09. The van der Waals surface area contributed by atoms with E-state index in [0.717, 1.165) is 0 Å². The SMILES string of the molecule is CC#Cc1cccc(-c2csc(NC(=O)c3cnnn3-c3cccc(F)c3)n2)n1. The normalized spacial score (nSPS) is 10.3. The Hall–Kier alpha value is -3.90. The second kappa shape index (κ2) is 8.00. The average Bonchev–Trinajstić information content (AvgIpc) is 3.38. The summed E-state index contributed by atoms with van der Waals surface area (Å²) < 4.78 is 14.8. The van der Waals surface area contributed by atoms with Crippen molar-refractivity contribution in [3.05, 3.63) is 71.2 Å². The summed E-state index contributed by atoms with van der Waals surface area (Å²) in [5.41, 5.74) is 2.49. The maximum absolute atomic E-state index is 13.5. The lowest BCUT2D eigenvalue weighted by Crippen LogP contribution is -2.17. The van der Waals surface area contributed by atoms with Crippen LogP contribution in [0, 0.1) is 17.7 Å². The third kappa shape index (κ3) is 4.02. The molecule has 0 aliphatic carbocycles. The van der Waals surface area contributed by atoms with Crippen LogP contribution in [0.15, 0.2) is 54.0 Å². The molecule has 7 nitrogen and oxygen atoms in total. The highest BCUT2D eigenvalue weighted by Crippen LogP contribution is 2.24. The van der Waals surface area contributed by atoms with Crippen LogP contribution in [0.25, 0.3) is 17.1 Å². The number of amides is 1. The van der Waals surface area contributed by atoms with Crippen LogP contribution in [0.5, 0.6) is 0 Å². The van der Waals surface area contributed by atoms with Gasteiger partial charge in [0.25, 0.3) is 5.91 Å². The Balaban J connectivity index is 1.56. The molecule has 0 bridgehead atoms. The van der Waals surface area contributed by atoms with Crippen molar-refractivity contribution >= 4 is 22.4 Å². The number of thiazole rings is 1. The van der Waals surface area contributed by atoms with Gasteiger partial charge in [0.15, 0.2) is 10.8 Å². The van der Waals surface area contributed by atoms with Crippen LogP contribution in [-0.4, -0.2) is 30.9 Å². The molecule has 0 saturated heterocycles. The van der Waals surface area contributed by atoms with Crippen LogP contribution >= 0.6 is 11.3 Å². The maximum atomic E-state index is 13.5. The summed E-state index contributed by atoms with van der Waals surface area (Å²) in [5.74, 6) is 4.82. The first-order valence-electron chi connectivity index (χ1n) is 8.48. The van der Waals surface area contributed by atoms with Gasteiger partial charge in [-0.15, -0.1) is 16.4 Å². The lowest BCUT2D eigenvalue weighted by Gasteiger charge is -2.05. The first-order valence-corrected chi connectivity index (χ1v) is 9.36. The van der Waals surface area contributed by atoms with E-state index in [0.29, 0.717) is 27.9 Å². The number of anilines is 1. The molecule has 4 aromatic rings. The molecule has 0 unspecified atom stereocenters. The van der Waals surface area contributed by atoms with E-state index in [2.05, 4.69) is 37.4 Å². The largest absolute Gasteiger partial charge is 0.296 e. The number of carbonyl (C=O) groups excluding carboxylic acids is 1. The third-order valence-corrected chi connectivity index (χ3v) is 4.58. The van der Waals surface area contributed by atoms with Crippen molar-refractivity contribution in [1.82, 2.24) is 25.0 Å². The smallest absolute Gasteiger partial charge is 0.277 e. The molecule has 142 valence electrons. The van der Waals surface area contributed by atoms with E-state index in [1.165, 1.54) is 40.4 Å². The van der Waals surface area contributed by atoms with E-state index < -0.39 is 11.7 Å². The Morgan fingerprint density at radius 3 is 2.86 bits per heavy atom. The molecule has 1 N–H and O–H groups in total. The number of benzene rings is 1. The van der Waals surface area contributed by atoms with Crippen molar-refractivity contribution in [3.63, 3.8) is 0 Å². The predicted molar refractivity (Wildman–Crippen MR) is 107 cm³/mol. The second-order valence-electron chi connectivity index (χ2n) is 5.79. The van der Waals surface area contributed by atoms with Gasteiger partial charge >= 0.3 is 0 Å². The van der Waals surface area contributed by atoms with Gasteiger partial charge in [0.05, 0.1) is 17.6 Å².